The largest absolute Gasteiger partial charge is 0.497 e. The van der Waals surface area contributed by atoms with Crippen LogP contribution in [0.25, 0.3) is 0 Å². The van der Waals surface area contributed by atoms with Crippen molar-refractivity contribution in [3.05, 3.63) is 65.2 Å². The summed E-state index contributed by atoms with van der Waals surface area (Å²) in [5.74, 6) is 8.90. The van der Waals surface area contributed by atoms with E-state index in [1.165, 1.54) is 6.92 Å². The third kappa shape index (κ3) is 4.40. The second-order valence-electron chi connectivity index (χ2n) is 4.72. The molecule has 2 aromatic carbocycles. The van der Waals surface area contributed by atoms with Gasteiger partial charge in [-0.25, -0.2) is 0 Å². The highest BCUT2D eigenvalue weighted by Gasteiger charge is 2.14. The van der Waals surface area contributed by atoms with Crippen LogP contribution in [0.4, 0.5) is 0 Å². The zero-order valence-corrected chi connectivity index (χ0v) is 13.0. The molecule has 0 aromatic heterocycles. The SMILES string of the molecule is C#Cc1ccccc1C(C#Cc1ccc(OC)cc1)OC(C)=O. The molecule has 0 radical (unpaired) electrons. The van der Waals surface area contributed by atoms with Crippen molar-refractivity contribution in [3.8, 4) is 29.9 Å². The summed E-state index contributed by atoms with van der Waals surface area (Å²) in [6.07, 6.45) is 4.80. The Hall–Kier alpha value is -3.17. The first-order valence-corrected chi connectivity index (χ1v) is 7.02. The molecule has 114 valence electrons. The Bertz CT molecular complexity index is 786. The van der Waals surface area contributed by atoms with Crippen LogP contribution in [0.15, 0.2) is 48.5 Å². The molecule has 1 unspecified atom stereocenters. The number of ether oxygens (including phenoxy) is 2. The molecule has 0 aliphatic carbocycles. The van der Waals surface area contributed by atoms with Gasteiger partial charge in [0.25, 0.3) is 0 Å². The van der Waals surface area contributed by atoms with Crippen LogP contribution < -0.4 is 4.74 Å². The Morgan fingerprint density at radius 3 is 2.43 bits per heavy atom. The number of benzene rings is 2. The van der Waals surface area contributed by atoms with Gasteiger partial charge in [-0.15, -0.1) is 6.42 Å². The number of rotatable bonds is 3. The third-order valence-electron chi connectivity index (χ3n) is 3.12. The van der Waals surface area contributed by atoms with Crippen LogP contribution >= 0.6 is 0 Å². The molecule has 0 saturated heterocycles. The molecule has 0 aliphatic heterocycles. The Balaban J connectivity index is 2.34. The van der Waals surface area contributed by atoms with E-state index in [4.69, 9.17) is 15.9 Å². The van der Waals surface area contributed by atoms with Crippen LogP contribution in [0.2, 0.25) is 0 Å². The fourth-order valence-corrected chi connectivity index (χ4v) is 2.02. The molecule has 0 heterocycles. The number of terminal acetylenes is 1. The Morgan fingerprint density at radius 1 is 1.13 bits per heavy atom. The molecule has 2 aromatic rings. The predicted molar refractivity (Wildman–Crippen MR) is 88.8 cm³/mol. The number of carbonyl (C=O) groups excluding carboxylic acids is 1. The second-order valence-corrected chi connectivity index (χ2v) is 4.72. The van der Waals surface area contributed by atoms with Crippen molar-refractivity contribution >= 4 is 5.97 Å². The fraction of sp³-hybridized carbons (Fsp3) is 0.150. The van der Waals surface area contributed by atoms with Crippen LogP contribution in [0.1, 0.15) is 29.7 Å². The van der Waals surface area contributed by atoms with Gasteiger partial charge >= 0.3 is 5.97 Å². The van der Waals surface area contributed by atoms with Gasteiger partial charge in [-0.3, -0.25) is 4.79 Å². The molecule has 0 saturated carbocycles. The smallest absolute Gasteiger partial charge is 0.304 e. The van der Waals surface area contributed by atoms with Crippen LogP contribution in [0, 0.1) is 24.2 Å². The van der Waals surface area contributed by atoms with Crippen molar-refractivity contribution in [2.75, 3.05) is 7.11 Å². The monoisotopic (exact) mass is 304 g/mol. The highest BCUT2D eigenvalue weighted by Crippen LogP contribution is 2.21. The van der Waals surface area contributed by atoms with E-state index < -0.39 is 12.1 Å². The molecule has 0 aliphatic rings. The van der Waals surface area contributed by atoms with Crippen LogP contribution in [0.3, 0.4) is 0 Å². The summed E-state index contributed by atoms with van der Waals surface area (Å²) in [4.78, 5) is 11.4. The summed E-state index contributed by atoms with van der Waals surface area (Å²) in [5, 5.41) is 0. The summed E-state index contributed by atoms with van der Waals surface area (Å²) < 4.78 is 10.4. The lowest BCUT2D eigenvalue weighted by molar-refractivity contribution is -0.144. The maximum Gasteiger partial charge on any atom is 0.304 e. The minimum atomic E-state index is -0.707. The average Bonchev–Trinajstić information content (AvgIpc) is 2.58. The van der Waals surface area contributed by atoms with Gasteiger partial charge in [-0.2, -0.15) is 0 Å². The minimum Gasteiger partial charge on any atom is -0.497 e. The van der Waals surface area contributed by atoms with Gasteiger partial charge < -0.3 is 9.47 Å². The first-order valence-electron chi connectivity index (χ1n) is 7.02. The molecule has 0 spiro atoms. The Kier molecular flexibility index (Phi) is 5.45. The molecule has 0 bridgehead atoms. The lowest BCUT2D eigenvalue weighted by Gasteiger charge is -2.13. The summed E-state index contributed by atoms with van der Waals surface area (Å²) in [5.41, 5.74) is 2.15. The van der Waals surface area contributed by atoms with Crippen molar-refractivity contribution in [1.29, 1.82) is 0 Å². The van der Waals surface area contributed by atoms with Crippen molar-refractivity contribution in [1.82, 2.24) is 0 Å². The molecule has 1 atom stereocenters. The number of carbonyl (C=O) groups is 1. The lowest BCUT2D eigenvalue weighted by Crippen LogP contribution is -2.08. The molecule has 0 fully saturated rings. The number of hydrogen-bond donors (Lipinski definition) is 0. The van der Waals surface area contributed by atoms with Gasteiger partial charge in [-0.05, 0) is 36.3 Å². The topological polar surface area (TPSA) is 35.5 Å². The zero-order chi connectivity index (χ0) is 16.7. The van der Waals surface area contributed by atoms with Gasteiger partial charge in [0.15, 0.2) is 6.10 Å². The number of methoxy groups -OCH3 is 1. The summed E-state index contributed by atoms with van der Waals surface area (Å²) in [7, 11) is 1.61. The highest BCUT2D eigenvalue weighted by molar-refractivity contribution is 5.67. The number of hydrogen-bond acceptors (Lipinski definition) is 3. The molecule has 3 heteroatoms. The van der Waals surface area contributed by atoms with Crippen LogP contribution in [-0.4, -0.2) is 13.1 Å². The lowest BCUT2D eigenvalue weighted by atomic mass is 10.0. The minimum absolute atomic E-state index is 0.411. The first-order chi connectivity index (χ1) is 11.1. The van der Waals surface area contributed by atoms with Crippen LogP contribution in [-0.2, 0) is 9.53 Å². The molecule has 3 nitrogen and oxygen atoms in total. The van der Waals surface area contributed by atoms with Crippen molar-refractivity contribution in [3.63, 3.8) is 0 Å². The van der Waals surface area contributed by atoms with E-state index in [1.54, 1.807) is 13.2 Å². The van der Waals surface area contributed by atoms with Gasteiger partial charge in [0, 0.05) is 23.6 Å². The molecule has 23 heavy (non-hydrogen) atoms. The molecular weight excluding hydrogens is 288 g/mol. The Morgan fingerprint density at radius 2 is 1.83 bits per heavy atom. The van der Waals surface area contributed by atoms with E-state index in [2.05, 4.69) is 17.8 Å². The van der Waals surface area contributed by atoms with E-state index in [9.17, 15) is 4.79 Å². The summed E-state index contributed by atoms with van der Waals surface area (Å²) in [6.45, 7) is 1.35. The van der Waals surface area contributed by atoms with E-state index in [-0.39, 0.29) is 0 Å². The normalized spacial score (nSPS) is 10.7. The molecule has 2 rings (SSSR count). The highest BCUT2D eigenvalue weighted by atomic mass is 16.5. The quantitative estimate of drug-likeness (QED) is 0.644. The number of esters is 1. The van der Waals surface area contributed by atoms with Gasteiger partial charge in [0.2, 0.25) is 0 Å². The maximum absolute atomic E-state index is 11.4. The second kappa shape index (κ2) is 7.73. The first kappa shape index (κ1) is 16.2. The van der Waals surface area contributed by atoms with E-state index >= 15 is 0 Å². The van der Waals surface area contributed by atoms with Crippen molar-refractivity contribution < 1.29 is 14.3 Å². The predicted octanol–water partition coefficient (Wildman–Crippen LogP) is 3.33. The van der Waals surface area contributed by atoms with E-state index in [1.807, 2.05) is 42.5 Å². The average molecular weight is 304 g/mol. The van der Waals surface area contributed by atoms with Gasteiger partial charge in [0.05, 0.1) is 7.11 Å². The van der Waals surface area contributed by atoms with Crippen molar-refractivity contribution in [2.45, 2.75) is 13.0 Å². The maximum atomic E-state index is 11.4. The fourth-order valence-electron chi connectivity index (χ4n) is 2.02. The van der Waals surface area contributed by atoms with Crippen molar-refractivity contribution in [2.24, 2.45) is 0 Å². The molecule has 0 N–H and O–H groups in total. The molecule has 0 amide bonds. The third-order valence-corrected chi connectivity index (χ3v) is 3.12. The Labute approximate surface area is 136 Å². The van der Waals surface area contributed by atoms with E-state index in [0.717, 1.165) is 11.3 Å². The zero-order valence-electron chi connectivity index (χ0n) is 13.0. The standard InChI is InChI=1S/C20H16O3/c1-4-17-7-5-6-8-19(17)20(23-15(2)21)14-11-16-9-12-18(22-3)13-10-16/h1,5-10,12-13,20H,2-3H3. The summed E-state index contributed by atoms with van der Waals surface area (Å²) >= 11 is 0. The van der Waals surface area contributed by atoms with Gasteiger partial charge in [0.1, 0.15) is 5.75 Å². The van der Waals surface area contributed by atoms with E-state index in [0.29, 0.717) is 11.1 Å². The summed E-state index contributed by atoms with van der Waals surface area (Å²) in [6, 6.07) is 14.6. The van der Waals surface area contributed by atoms with Gasteiger partial charge in [-0.1, -0.05) is 30.0 Å². The van der Waals surface area contributed by atoms with Crippen LogP contribution in [0.5, 0.6) is 5.75 Å². The molecular formula is C20H16O3.